The largest absolute Gasteiger partial charge is 0.338 e. The van der Waals surface area contributed by atoms with E-state index in [-0.39, 0.29) is 5.91 Å². The first kappa shape index (κ1) is 14.3. The Morgan fingerprint density at radius 1 is 0.950 bits per heavy atom. The Bertz CT molecular complexity index is 545. The van der Waals surface area contributed by atoms with Crippen molar-refractivity contribution in [3.63, 3.8) is 0 Å². The summed E-state index contributed by atoms with van der Waals surface area (Å²) >= 11 is 0. The second-order valence-corrected chi connectivity index (χ2v) is 5.16. The van der Waals surface area contributed by atoms with Crippen LogP contribution < -0.4 is 0 Å². The van der Waals surface area contributed by atoms with Gasteiger partial charge in [-0.2, -0.15) is 0 Å². The van der Waals surface area contributed by atoms with E-state index < -0.39 is 0 Å². The van der Waals surface area contributed by atoms with E-state index in [9.17, 15) is 4.79 Å². The third kappa shape index (κ3) is 4.23. The normalized spacial score (nSPS) is 10.3. The Morgan fingerprint density at radius 3 is 2.20 bits per heavy atom. The second kappa shape index (κ2) is 6.90. The molecule has 2 rings (SSSR count). The molecule has 0 aromatic heterocycles. The summed E-state index contributed by atoms with van der Waals surface area (Å²) in [4.78, 5) is 13.6. The highest BCUT2D eigenvalue weighted by molar-refractivity contribution is 5.73. The molecule has 0 N–H and O–H groups in total. The summed E-state index contributed by atoms with van der Waals surface area (Å²) in [6, 6.07) is 18.6. The fourth-order valence-electron chi connectivity index (χ4n) is 2.17. The van der Waals surface area contributed by atoms with Gasteiger partial charge in [0.15, 0.2) is 0 Å². The summed E-state index contributed by atoms with van der Waals surface area (Å²) in [6.07, 6.45) is 0.896. The zero-order valence-electron chi connectivity index (χ0n) is 12.2. The number of rotatable bonds is 5. The van der Waals surface area contributed by atoms with Gasteiger partial charge in [0.2, 0.25) is 5.91 Å². The molecule has 0 aliphatic heterocycles. The first-order valence-corrected chi connectivity index (χ1v) is 7.00. The highest BCUT2D eigenvalue weighted by Gasteiger charge is 2.09. The van der Waals surface area contributed by atoms with Gasteiger partial charge in [0.25, 0.3) is 0 Å². The Hall–Kier alpha value is -2.09. The number of hydrogen-bond donors (Lipinski definition) is 0. The van der Waals surface area contributed by atoms with Crippen molar-refractivity contribution >= 4 is 5.91 Å². The summed E-state index contributed by atoms with van der Waals surface area (Å²) in [5.41, 5.74) is 3.71. The van der Waals surface area contributed by atoms with E-state index in [1.807, 2.05) is 23.1 Å². The van der Waals surface area contributed by atoms with E-state index >= 15 is 0 Å². The molecule has 2 heteroatoms. The summed E-state index contributed by atoms with van der Waals surface area (Å²) in [5, 5.41) is 0. The predicted octanol–water partition coefficient (Wildman–Crippen LogP) is 3.59. The SMILES string of the molecule is CC(=O)N(CCc1ccc(C)cc1)Cc1ccccc1. The molecule has 0 fully saturated rings. The van der Waals surface area contributed by atoms with Crippen LogP contribution in [0, 0.1) is 6.92 Å². The molecule has 1 amide bonds. The quantitative estimate of drug-likeness (QED) is 0.810. The van der Waals surface area contributed by atoms with Crippen LogP contribution in [-0.2, 0) is 17.8 Å². The van der Waals surface area contributed by atoms with Crippen molar-refractivity contribution in [2.75, 3.05) is 6.54 Å². The predicted molar refractivity (Wildman–Crippen MR) is 82.4 cm³/mol. The van der Waals surface area contributed by atoms with Crippen molar-refractivity contribution in [1.82, 2.24) is 4.90 Å². The molecule has 2 aromatic rings. The molecular weight excluding hydrogens is 246 g/mol. The van der Waals surface area contributed by atoms with E-state index in [1.165, 1.54) is 16.7 Å². The molecule has 2 aromatic carbocycles. The van der Waals surface area contributed by atoms with Crippen molar-refractivity contribution < 1.29 is 4.79 Å². The molecule has 0 heterocycles. The Balaban J connectivity index is 1.96. The smallest absolute Gasteiger partial charge is 0.219 e. The van der Waals surface area contributed by atoms with E-state index in [0.717, 1.165) is 13.0 Å². The number of amides is 1. The molecule has 0 atom stereocenters. The van der Waals surface area contributed by atoms with Crippen LogP contribution >= 0.6 is 0 Å². The van der Waals surface area contributed by atoms with Crippen LogP contribution in [0.15, 0.2) is 54.6 Å². The van der Waals surface area contributed by atoms with Gasteiger partial charge >= 0.3 is 0 Å². The third-order valence-electron chi connectivity index (χ3n) is 3.45. The maximum Gasteiger partial charge on any atom is 0.219 e. The average Bonchev–Trinajstić information content (AvgIpc) is 2.46. The lowest BCUT2D eigenvalue weighted by molar-refractivity contribution is -0.129. The minimum Gasteiger partial charge on any atom is -0.338 e. The van der Waals surface area contributed by atoms with Crippen LogP contribution in [0.2, 0.25) is 0 Å². The average molecular weight is 267 g/mol. The van der Waals surface area contributed by atoms with Gasteiger partial charge in [0.1, 0.15) is 0 Å². The number of nitrogens with zero attached hydrogens (tertiary/aromatic N) is 1. The van der Waals surface area contributed by atoms with Gasteiger partial charge in [-0.15, -0.1) is 0 Å². The van der Waals surface area contributed by atoms with Crippen molar-refractivity contribution in [2.45, 2.75) is 26.8 Å². The molecule has 0 unspecified atom stereocenters. The van der Waals surface area contributed by atoms with Crippen molar-refractivity contribution in [3.8, 4) is 0 Å². The lowest BCUT2D eigenvalue weighted by Crippen LogP contribution is -2.30. The standard InChI is InChI=1S/C18H21NO/c1-15-8-10-17(11-9-15)12-13-19(16(2)20)14-18-6-4-3-5-7-18/h3-11H,12-14H2,1-2H3. The van der Waals surface area contributed by atoms with Crippen molar-refractivity contribution in [3.05, 3.63) is 71.3 Å². The van der Waals surface area contributed by atoms with E-state index in [0.29, 0.717) is 6.54 Å². The highest BCUT2D eigenvalue weighted by Crippen LogP contribution is 2.08. The number of carbonyl (C=O) groups is 1. The molecule has 0 radical (unpaired) electrons. The van der Waals surface area contributed by atoms with Crippen LogP contribution in [0.1, 0.15) is 23.6 Å². The first-order valence-electron chi connectivity index (χ1n) is 7.00. The first-order chi connectivity index (χ1) is 9.65. The molecule has 0 bridgehead atoms. The molecule has 0 saturated carbocycles. The van der Waals surface area contributed by atoms with Crippen molar-refractivity contribution in [2.24, 2.45) is 0 Å². The number of benzene rings is 2. The lowest BCUT2D eigenvalue weighted by atomic mass is 10.1. The van der Waals surface area contributed by atoms with Crippen LogP contribution in [-0.4, -0.2) is 17.4 Å². The van der Waals surface area contributed by atoms with Crippen LogP contribution in [0.3, 0.4) is 0 Å². The Kier molecular flexibility index (Phi) is 4.94. The molecule has 0 aliphatic carbocycles. The van der Waals surface area contributed by atoms with Gasteiger partial charge in [-0.25, -0.2) is 0 Å². The maximum absolute atomic E-state index is 11.7. The van der Waals surface area contributed by atoms with Gasteiger partial charge in [0.05, 0.1) is 0 Å². The highest BCUT2D eigenvalue weighted by atomic mass is 16.2. The molecule has 104 valence electrons. The fourth-order valence-corrected chi connectivity index (χ4v) is 2.17. The molecule has 0 aliphatic rings. The molecular formula is C18H21NO. The minimum atomic E-state index is 0.126. The van der Waals surface area contributed by atoms with Crippen LogP contribution in [0.4, 0.5) is 0 Å². The summed E-state index contributed by atoms with van der Waals surface area (Å²) in [7, 11) is 0. The number of carbonyl (C=O) groups excluding carboxylic acids is 1. The molecule has 0 spiro atoms. The lowest BCUT2D eigenvalue weighted by Gasteiger charge is -2.21. The monoisotopic (exact) mass is 267 g/mol. The van der Waals surface area contributed by atoms with E-state index in [1.54, 1.807) is 6.92 Å². The van der Waals surface area contributed by atoms with Gasteiger partial charge in [-0.1, -0.05) is 60.2 Å². The Morgan fingerprint density at radius 2 is 1.60 bits per heavy atom. The molecule has 2 nitrogen and oxygen atoms in total. The minimum absolute atomic E-state index is 0.126. The van der Waals surface area contributed by atoms with Gasteiger partial charge in [-0.05, 0) is 24.5 Å². The number of aryl methyl sites for hydroxylation is 1. The third-order valence-corrected chi connectivity index (χ3v) is 3.45. The fraction of sp³-hybridized carbons (Fsp3) is 0.278. The van der Waals surface area contributed by atoms with Gasteiger partial charge < -0.3 is 4.90 Å². The summed E-state index contributed by atoms with van der Waals surface area (Å²) in [5.74, 6) is 0.126. The summed E-state index contributed by atoms with van der Waals surface area (Å²) in [6.45, 7) is 5.16. The number of hydrogen-bond acceptors (Lipinski definition) is 1. The van der Waals surface area contributed by atoms with Gasteiger partial charge in [0, 0.05) is 20.0 Å². The topological polar surface area (TPSA) is 20.3 Å². The Labute approximate surface area is 121 Å². The second-order valence-electron chi connectivity index (χ2n) is 5.16. The molecule has 20 heavy (non-hydrogen) atoms. The summed E-state index contributed by atoms with van der Waals surface area (Å²) < 4.78 is 0. The zero-order valence-corrected chi connectivity index (χ0v) is 12.2. The zero-order chi connectivity index (χ0) is 14.4. The van der Waals surface area contributed by atoms with Crippen LogP contribution in [0.5, 0.6) is 0 Å². The van der Waals surface area contributed by atoms with Gasteiger partial charge in [-0.3, -0.25) is 4.79 Å². The maximum atomic E-state index is 11.7. The van der Waals surface area contributed by atoms with Crippen LogP contribution in [0.25, 0.3) is 0 Å². The molecule has 0 saturated heterocycles. The van der Waals surface area contributed by atoms with E-state index in [4.69, 9.17) is 0 Å². The van der Waals surface area contributed by atoms with E-state index in [2.05, 4.69) is 43.3 Å². The van der Waals surface area contributed by atoms with Crippen molar-refractivity contribution in [1.29, 1.82) is 0 Å².